The third-order valence-corrected chi connectivity index (χ3v) is 11.1. The van der Waals surface area contributed by atoms with E-state index in [2.05, 4.69) is 67.8 Å². The van der Waals surface area contributed by atoms with Gasteiger partial charge in [0.1, 0.15) is 12.7 Å². The van der Waals surface area contributed by atoms with Crippen LogP contribution in [0.1, 0.15) is 206 Å². The Morgan fingerprint density at radius 1 is 0.533 bits per heavy atom. The Labute approximate surface area is 364 Å². The van der Waals surface area contributed by atoms with Crippen molar-refractivity contribution >= 4 is 25.7 Å². The van der Waals surface area contributed by atoms with Crippen molar-refractivity contribution in [3.63, 3.8) is 0 Å². The normalized spacial score (nSPS) is 14.1. The fourth-order valence-electron chi connectivity index (χ4n) is 6.42. The van der Waals surface area contributed by atoms with Crippen LogP contribution in [-0.2, 0) is 32.7 Å². The number of hydrogen-bond donors (Lipinski definition) is 4. The molecule has 0 aromatic carbocycles. The van der Waals surface area contributed by atoms with E-state index in [1.807, 2.05) is 0 Å². The number of hydrogen-bond acceptors (Lipinski definition) is 8. The van der Waals surface area contributed by atoms with Gasteiger partial charge in [0.15, 0.2) is 6.04 Å². The van der Waals surface area contributed by atoms with Crippen LogP contribution in [0.25, 0.3) is 0 Å². The number of phosphoric acid groups is 1. The fraction of sp³-hybridized carbons (Fsp3) is 0.771. The number of allylic oxidation sites excluding steroid dienone is 8. The average Bonchev–Trinajstić information content (AvgIpc) is 3.22. The molecule has 3 unspecified atom stereocenters. The summed E-state index contributed by atoms with van der Waals surface area (Å²) < 4.78 is 26.9. The molecule has 0 saturated heterocycles. The molecule has 0 rings (SSSR count). The molecule has 11 nitrogen and oxygen atoms in total. The lowest BCUT2D eigenvalue weighted by Gasteiger charge is -2.18. The predicted octanol–water partition coefficient (Wildman–Crippen LogP) is 12.6. The van der Waals surface area contributed by atoms with Gasteiger partial charge in [-0.1, -0.05) is 184 Å². The molecule has 0 spiro atoms. The molecule has 348 valence electrons. The number of esters is 1. The van der Waals surface area contributed by atoms with E-state index in [9.17, 15) is 34.1 Å². The third-order valence-electron chi connectivity index (χ3n) is 10.1. The molecule has 0 bridgehead atoms. The van der Waals surface area contributed by atoms with E-state index >= 15 is 0 Å². The highest BCUT2D eigenvalue weighted by atomic mass is 31.2. The molecule has 3 atom stereocenters. The molecule has 0 aliphatic carbocycles. The monoisotopic (exact) mass is 868 g/mol. The number of carboxylic acids is 1. The first-order valence-corrected chi connectivity index (χ1v) is 25.2. The maximum Gasteiger partial charge on any atom is 0.472 e. The van der Waals surface area contributed by atoms with Gasteiger partial charge in [-0.3, -0.25) is 18.6 Å². The second-order valence-corrected chi connectivity index (χ2v) is 17.4. The third kappa shape index (κ3) is 42.1. The van der Waals surface area contributed by atoms with E-state index in [0.717, 1.165) is 57.8 Å². The van der Waals surface area contributed by atoms with Crippen molar-refractivity contribution in [3.05, 3.63) is 48.6 Å². The number of phosphoric ester groups is 1. The zero-order valence-corrected chi connectivity index (χ0v) is 38.6. The maximum absolute atomic E-state index is 12.3. The molecule has 4 N–H and O–H groups in total. The zero-order valence-electron chi connectivity index (χ0n) is 37.8. The molecule has 0 aromatic heterocycles. The van der Waals surface area contributed by atoms with Gasteiger partial charge in [0.2, 0.25) is 5.91 Å². The first-order chi connectivity index (χ1) is 29.1. The Bertz CT molecular complexity index is 1200. The number of nitrogens with one attached hydrogen (secondary N) is 1. The molecule has 0 fully saturated rings. The van der Waals surface area contributed by atoms with Gasteiger partial charge in [-0.15, -0.1) is 0 Å². The molecule has 0 saturated carbocycles. The number of unbranched alkanes of at least 4 members (excludes halogenated alkanes) is 22. The van der Waals surface area contributed by atoms with E-state index < -0.39 is 57.6 Å². The van der Waals surface area contributed by atoms with Gasteiger partial charge in [0.25, 0.3) is 0 Å². The van der Waals surface area contributed by atoms with Gasteiger partial charge in [-0.2, -0.15) is 0 Å². The van der Waals surface area contributed by atoms with Crippen LogP contribution in [0.2, 0.25) is 0 Å². The van der Waals surface area contributed by atoms with Gasteiger partial charge < -0.3 is 25.2 Å². The summed E-state index contributed by atoms with van der Waals surface area (Å²) in [6.07, 6.45) is 48.4. The Morgan fingerprint density at radius 3 is 1.40 bits per heavy atom. The second-order valence-electron chi connectivity index (χ2n) is 15.9. The maximum atomic E-state index is 12.3. The number of aliphatic hydroxyl groups is 1. The van der Waals surface area contributed by atoms with Crippen molar-refractivity contribution in [1.82, 2.24) is 5.32 Å². The number of carbonyl (C=O) groups excluding carboxylic acids is 2. The minimum atomic E-state index is -4.77. The highest BCUT2D eigenvalue weighted by Crippen LogP contribution is 2.43. The minimum absolute atomic E-state index is 0.146. The van der Waals surface area contributed by atoms with Crippen molar-refractivity contribution < 1.29 is 47.8 Å². The lowest BCUT2D eigenvalue weighted by Crippen LogP contribution is -2.43. The number of amides is 1. The Hall–Kier alpha value is -2.56. The van der Waals surface area contributed by atoms with Crippen LogP contribution in [0.4, 0.5) is 0 Å². The van der Waals surface area contributed by atoms with Gasteiger partial charge in [-0.25, -0.2) is 9.36 Å². The van der Waals surface area contributed by atoms with E-state index in [0.29, 0.717) is 12.8 Å². The highest BCUT2D eigenvalue weighted by molar-refractivity contribution is 7.47. The SMILES string of the molecule is CCCCC/C=C\C/C=C\C/C=C\C/C=C\CCCCCC(=O)OCC(O)COP(=O)(O)OCC(NC(=O)CCCCCCCCCCCCCCCCCCC)C(=O)O. The van der Waals surface area contributed by atoms with Gasteiger partial charge >= 0.3 is 19.8 Å². The molecule has 1 amide bonds. The molecule has 0 heterocycles. The lowest BCUT2D eigenvalue weighted by atomic mass is 10.0. The number of ether oxygens (including phenoxy) is 1. The zero-order chi connectivity index (χ0) is 44.2. The Balaban J connectivity index is 3.91. The van der Waals surface area contributed by atoms with E-state index in [-0.39, 0.29) is 12.8 Å². The van der Waals surface area contributed by atoms with Gasteiger partial charge in [0, 0.05) is 12.8 Å². The molecular weight excluding hydrogens is 781 g/mol. The quantitative estimate of drug-likeness (QED) is 0.0200. The van der Waals surface area contributed by atoms with Gasteiger partial charge in [-0.05, 0) is 57.8 Å². The van der Waals surface area contributed by atoms with E-state index in [1.165, 1.54) is 109 Å². The molecule has 0 radical (unpaired) electrons. The predicted molar refractivity (Wildman–Crippen MR) is 245 cm³/mol. The summed E-state index contributed by atoms with van der Waals surface area (Å²) in [6.45, 7) is 2.55. The summed E-state index contributed by atoms with van der Waals surface area (Å²) in [5.74, 6) is -2.40. The van der Waals surface area contributed by atoms with Crippen LogP contribution in [0.15, 0.2) is 48.6 Å². The van der Waals surface area contributed by atoms with Crippen LogP contribution in [0.3, 0.4) is 0 Å². The summed E-state index contributed by atoms with van der Waals surface area (Å²) in [7, 11) is -4.77. The molecule has 0 aromatic rings. The average molecular weight is 868 g/mol. The molecule has 0 aliphatic rings. The van der Waals surface area contributed by atoms with E-state index in [1.54, 1.807) is 0 Å². The Kier molecular flexibility index (Phi) is 41.3. The van der Waals surface area contributed by atoms with Crippen LogP contribution in [-0.4, -0.2) is 64.9 Å². The van der Waals surface area contributed by atoms with Crippen molar-refractivity contribution in [1.29, 1.82) is 0 Å². The Morgan fingerprint density at radius 2 is 0.917 bits per heavy atom. The van der Waals surface area contributed by atoms with Gasteiger partial charge in [0.05, 0.1) is 13.2 Å². The molecular formula is C48H86NO10P. The number of carboxylic acid groups (broad SMARTS) is 1. The van der Waals surface area contributed by atoms with Crippen molar-refractivity contribution in [3.8, 4) is 0 Å². The molecule has 60 heavy (non-hydrogen) atoms. The lowest BCUT2D eigenvalue weighted by molar-refractivity contribution is -0.147. The summed E-state index contributed by atoms with van der Waals surface area (Å²) in [6, 6.07) is -1.55. The van der Waals surface area contributed by atoms with Crippen LogP contribution >= 0.6 is 7.82 Å². The fourth-order valence-corrected chi connectivity index (χ4v) is 7.19. The highest BCUT2D eigenvalue weighted by Gasteiger charge is 2.28. The molecule has 0 aliphatic heterocycles. The number of aliphatic hydroxyl groups excluding tert-OH is 1. The molecule has 12 heteroatoms. The van der Waals surface area contributed by atoms with Crippen molar-refractivity contribution in [2.24, 2.45) is 0 Å². The topological polar surface area (TPSA) is 169 Å². The summed E-state index contributed by atoms with van der Waals surface area (Å²) in [5.41, 5.74) is 0. The van der Waals surface area contributed by atoms with E-state index in [4.69, 9.17) is 13.8 Å². The number of aliphatic carboxylic acids is 1. The first-order valence-electron chi connectivity index (χ1n) is 23.7. The number of rotatable bonds is 44. The number of carbonyl (C=O) groups is 3. The largest absolute Gasteiger partial charge is 0.480 e. The summed E-state index contributed by atoms with van der Waals surface area (Å²) in [5, 5.41) is 21.9. The van der Waals surface area contributed by atoms with Crippen molar-refractivity contribution in [2.45, 2.75) is 219 Å². The van der Waals surface area contributed by atoms with Crippen LogP contribution in [0, 0.1) is 0 Å². The minimum Gasteiger partial charge on any atom is -0.480 e. The standard InChI is InChI=1S/C48H86NO10P/c1-3-5-7-9-11-13-15-17-19-21-22-24-26-28-30-32-34-36-38-40-47(52)57-41-44(50)42-58-60(55,56)59-43-45(48(53)54)49-46(51)39-37-35-33-31-29-27-25-23-20-18-16-14-12-10-8-6-4-2/h11,13,17,19,22,24,28,30,44-45,50H,3-10,12,14-16,18,20-21,23,25-27,29,31-43H2,1-2H3,(H,49,51)(H,53,54)(H,55,56)/b13-11-,19-17-,24-22-,30-28-. The summed E-state index contributed by atoms with van der Waals surface area (Å²) >= 11 is 0. The van der Waals surface area contributed by atoms with Crippen LogP contribution < -0.4 is 5.32 Å². The smallest absolute Gasteiger partial charge is 0.472 e. The summed E-state index contributed by atoms with van der Waals surface area (Å²) in [4.78, 5) is 46.0. The second kappa shape index (κ2) is 43.1. The first kappa shape index (κ1) is 57.4. The van der Waals surface area contributed by atoms with Crippen LogP contribution in [0.5, 0.6) is 0 Å². The van der Waals surface area contributed by atoms with Crippen molar-refractivity contribution in [2.75, 3.05) is 19.8 Å².